The molecule has 2 aromatic heterocycles. The van der Waals surface area contributed by atoms with Crippen LogP contribution in [-0.4, -0.2) is 34.1 Å². The zero-order chi connectivity index (χ0) is 23.5. The molecule has 1 aromatic carbocycles. The molecule has 0 saturated heterocycles. The molecule has 0 aliphatic carbocycles. The Kier molecular flexibility index (Phi) is 9.43. The van der Waals surface area contributed by atoms with Crippen LogP contribution in [0.25, 0.3) is 16.9 Å². The third-order valence-electron chi connectivity index (χ3n) is 4.17. The molecule has 0 saturated carbocycles. The number of benzene rings is 1. The first-order chi connectivity index (χ1) is 15.4. The molecule has 3 rings (SSSR count). The van der Waals surface area contributed by atoms with Gasteiger partial charge in [0.15, 0.2) is 0 Å². The normalized spacial score (nSPS) is 11.2. The molecule has 0 aliphatic heterocycles. The third-order valence-corrected chi connectivity index (χ3v) is 5.01. The minimum Gasteiger partial charge on any atom is -0.494 e. The fourth-order valence-electron chi connectivity index (χ4n) is 2.71. The van der Waals surface area contributed by atoms with E-state index in [0.717, 1.165) is 28.8 Å². The van der Waals surface area contributed by atoms with Crippen LogP contribution in [0.2, 0.25) is 0 Å². The van der Waals surface area contributed by atoms with Gasteiger partial charge in [-0.2, -0.15) is 5.10 Å². The number of thiophene rings is 1. The van der Waals surface area contributed by atoms with Gasteiger partial charge in [0, 0.05) is 17.0 Å². The van der Waals surface area contributed by atoms with E-state index in [1.54, 1.807) is 16.0 Å². The lowest BCUT2D eigenvalue weighted by atomic mass is 10.1. The number of carbonyl (C=O) groups is 1. The highest BCUT2D eigenvalue weighted by Gasteiger charge is 2.11. The van der Waals surface area contributed by atoms with Crippen molar-refractivity contribution in [2.45, 2.75) is 13.8 Å². The van der Waals surface area contributed by atoms with Crippen molar-refractivity contribution in [3.05, 3.63) is 83.1 Å². The minimum absolute atomic E-state index is 0.0256. The molecule has 0 radical (unpaired) electrons. The number of alkyl halides is 1. The summed E-state index contributed by atoms with van der Waals surface area (Å²) in [6.45, 7) is 7.33. The first kappa shape index (κ1) is 24.6. The van der Waals surface area contributed by atoms with Crippen LogP contribution in [0, 0.1) is 6.92 Å². The molecule has 0 atom stereocenters. The number of carboxylic acids is 1. The summed E-state index contributed by atoms with van der Waals surface area (Å²) < 4.78 is 18.8. The number of aromatic nitrogens is 2. The van der Waals surface area contributed by atoms with Crippen molar-refractivity contribution in [1.82, 2.24) is 9.78 Å². The molecule has 0 bridgehead atoms. The highest BCUT2D eigenvalue weighted by Crippen LogP contribution is 2.28. The molecule has 0 spiro atoms. The van der Waals surface area contributed by atoms with E-state index >= 15 is 0 Å². The average Bonchev–Trinajstić information content (AvgIpc) is 3.37. The molecule has 3 aromatic rings. The van der Waals surface area contributed by atoms with E-state index in [0.29, 0.717) is 12.4 Å². The standard InChI is InChI=1S/C16H17N3OS.C8H9FO2/c1-3-20-13-6-4-5-12(7-13)14-8-16(17)19(18-14)15-10-21-9-11(15)2;1-2-4-7(8(10)11)5-3-6-9/h4-10H,3,17H2,1-2H3;2-5H,1,6H2,(H,10,11)/b;5-3-,7-4+. The average molecular weight is 456 g/mol. The molecule has 0 unspecified atom stereocenters. The number of aliphatic carboxylic acids is 1. The summed E-state index contributed by atoms with van der Waals surface area (Å²) >= 11 is 1.65. The quantitative estimate of drug-likeness (QED) is 0.341. The Hall–Kier alpha value is -3.65. The second kappa shape index (κ2) is 12.3. The number of halogens is 1. The van der Waals surface area contributed by atoms with Crippen molar-refractivity contribution in [3.63, 3.8) is 0 Å². The van der Waals surface area contributed by atoms with Gasteiger partial charge >= 0.3 is 5.97 Å². The Morgan fingerprint density at radius 1 is 1.38 bits per heavy atom. The molecular weight excluding hydrogens is 429 g/mol. The van der Waals surface area contributed by atoms with Crippen molar-refractivity contribution in [3.8, 4) is 22.7 Å². The Balaban J connectivity index is 0.000000282. The van der Waals surface area contributed by atoms with Crippen LogP contribution in [0.5, 0.6) is 5.75 Å². The Bertz CT molecular complexity index is 1120. The molecule has 6 nitrogen and oxygen atoms in total. The number of nitrogens with two attached hydrogens (primary N) is 1. The molecule has 3 N–H and O–H groups in total. The van der Waals surface area contributed by atoms with Gasteiger partial charge in [-0.25, -0.2) is 13.9 Å². The van der Waals surface area contributed by atoms with Gasteiger partial charge in [-0.05, 0) is 49.1 Å². The predicted molar refractivity (Wildman–Crippen MR) is 128 cm³/mol. The number of carboxylic acid groups (broad SMARTS) is 1. The van der Waals surface area contributed by atoms with Gasteiger partial charge in [0.1, 0.15) is 18.2 Å². The lowest BCUT2D eigenvalue weighted by Crippen LogP contribution is -2.01. The number of hydrogen-bond acceptors (Lipinski definition) is 5. The number of nitrogens with zero attached hydrogens (tertiary/aromatic N) is 2. The van der Waals surface area contributed by atoms with E-state index in [4.69, 9.17) is 15.6 Å². The summed E-state index contributed by atoms with van der Waals surface area (Å²) in [4.78, 5) is 10.3. The smallest absolute Gasteiger partial charge is 0.335 e. The van der Waals surface area contributed by atoms with Gasteiger partial charge in [0.05, 0.1) is 23.6 Å². The third kappa shape index (κ3) is 6.68. The highest BCUT2D eigenvalue weighted by molar-refractivity contribution is 7.08. The Morgan fingerprint density at radius 3 is 2.75 bits per heavy atom. The largest absolute Gasteiger partial charge is 0.494 e. The van der Waals surface area contributed by atoms with Gasteiger partial charge in [0.2, 0.25) is 0 Å². The number of rotatable bonds is 8. The summed E-state index contributed by atoms with van der Waals surface area (Å²) in [6.07, 6.45) is 4.97. The van der Waals surface area contributed by atoms with Crippen LogP contribution in [0.4, 0.5) is 10.2 Å². The molecule has 0 aliphatic rings. The predicted octanol–water partition coefficient (Wildman–Crippen LogP) is 5.60. The first-order valence-corrected chi connectivity index (χ1v) is 10.8. The number of ether oxygens (including phenoxy) is 1. The number of aryl methyl sites for hydroxylation is 1. The maximum absolute atomic E-state index is 11.5. The SMILES string of the molecule is C=C/C=C(\C=C/CF)C(=O)O.CCOc1cccc(-c2cc(N)n(-c3cscc3C)n2)c1. The first-order valence-electron chi connectivity index (χ1n) is 9.81. The van der Waals surface area contributed by atoms with Crippen LogP contribution in [0.3, 0.4) is 0 Å². The van der Waals surface area contributed by atoms with Gasteiger partial charge in [-0.15, -0.1) is 11.3 Å². The van der Waals surface area contributed by atoms with Crippen LogP contribution in [0.15, 0.2) is 77.5 Å². The Morgan fingerprint density at radius 2 is 2.16 bits per heavy atom. The molecular formula is C24H26FN3O3S. The molecule has 0 amide bonds. The number of anilines is 1. The fourth-order valence-corrected chi connectivity index (χ4v) is 3.52. The zero-order valence-corrected chi connectivity index (χ0v) is 18.8. The maximum atomic E-state index is 11.5. The monoisotopic (exact) mass is 455 g/mol. The maximum Gasteiger partial charge on any atom is 0.335 e. The van der Waals surface area contributed by atoms with E-state index in [1.165, 1.54) is 23.8 Å². The van der Waals surface area contributed by atoms with Crippen LogP contribution in [-0.2, 0) is 4.79 Å². The molecule has 0 fully saturated rings. The van der Waals surface area contributed by atoms with Crippen LogP contribution >= 0.6 is 11.3 Å². The Labute approximate surface area is 190 Å². The van der Waals surface area contributed by atoms with E-state index < -0.39 is 12.6 Å². The minimum atomic E-state index is -1.09. The van der Waals surface area contributed by atoms with E-state index in [9.17, 15) is 9.18 Å². The fraction of sp³-hybridized carbons (Fsp3) is 0.167. The van der Waals surface area contributed by atoms with Crippen molar-refractivity contribution in [2.75, 3.05) is 19.0 Å². The number of allylic oxidation sites excluding steroid dienone is 3. The molecule has 32 heavy (non-hydrogen) atoms. The summed E-state index contributed by atoms with van der Waals surface area (Å²) in [7, 11) is 0. The highest BCUT2D eigenvalue weighted by atomic mass is 32.1. The van der Waals surface area contributed by atoms with Crippen LogP contribution in [0.1, 0.15) is 12.5 Å². The second-order valence-corrected chi connectivity index (χ2v) is 7.23. The van der Waals surface area contributed by atoms with Crippen molar-refractivity contribution >= 4 is 23.1 Å². The second-order valence-electron chi connectivity index (χ2n) is 6.49. The van der Waals surface area contributed by atoms with Crippen molar-refractivity contribution in [1.29, 1.82) is 0 Å². The number of hydrogen-bond donors (Lipinski definition) is 2. The van der Waals surface area contributed by atoms with Crippen molar-refractivity contribution in [2.24, 2.45) is 0 Å². The van der Waals surface area contributed by atoms with E-state index in [-0.39, 0.29) is 5.57 Å². The topological polar surface area (TPSA) is 90.4 Å². The molecule has 8 heteroatoms. The zero-order valence-electron chi connectivity index (χ0n) is 18.0. The number of nitrogen functional groups attached to an aromatic ring is 1. The molecule has 168 valence electrons. The van der Waals surface area contributed by atoms with Gasteiger partial charge < -0.3 is 15.6 Å². The lowest BCUT2D eigenvalue weighted by molar-refractivity contribution is -0.132. The summed E-state index contributed by atoms with van der Waals surface area (Å²) in [6, 6.07) is 9.79. The van der Waals surface area contributed by atoms with Gasteiger partial charge in [0.25, 0.3) is 0 Å². The van der Waals surface area contributed by atoms with Gasteiger partial charge in [-0.1, -0.05) is 30.9 Å². The van der Waals surface area contributed by atoms with E-state index in [1.807, 2.05) is 37.3 Å². The van der Waals surface area contributed by atoms with Crippen LogP contribution < -0.4 is 10.5 Å². The van der Waals surface area contributed by atoms with E-state index in [2.05, 4.69) is 29.4 Å². The summed E-state index contributed by atoms with van der Waals surface area (Å²) in [5.41, 5.74) is 10.2. The van der Waals surface area contributed by atoms with Crippen molar-refractivity contribution < 1.29 is 19.0 Å². The summed E-state index contributed by atoms with van der Waals surface area (Å²) in [5.74, 6) is 0.387. The summed E-state index contributed by atoms with van der Waals surface area (Å²) in [5, 5.41) is 17.2. The molecule has 2 heterocycles. The lowest BCUT2D eigenvalue weighted by Gasteiger charge is -2.04. The van der Waals surface area contributed by atoms with Gasteiger partial charge in [-0.3, -0.25) is 0 Å².